The van der Waals surface area contributed by atoms with Crippen LogP contribution in [-0.4, -0.2) is 64.0 Å². The molecule has 0 bridgehead atoms. The van der Waals surface area contributed by atoms with E-state index < -0.39 is 28.6 Å². The predicted octanol–water partition coefficient (Wildman–Crippen LogP) is 2.16. The van der Waals surface area contributed by atoms with E-state index in [0.717, 1.165) is 45.7 Å². The number of thioether (sulfide) groups is 1. The molecule has 2 saturated heterocycles. The summed E-state index contributed by atoms with van der Waals surface area (Å²) in [6.45, 7) is -0.327. The molecule has 2 N–H and O–H groups in total. The Balaban J connectivity index is 1.28. The van der Waals surface area contributed by atoms with Crippen LogP contribution in [0.5, 0.6) is 0 Å². The molecule has 6 amide bonds. The maximum Gasteiger partial charge on any atom is 0.325 e. The van der Waals surface area contributed by atoms with Gasteiger partial charge in [0.2, 0.25) is 5.91 Å². The number of carbonyl (C=O) groups is 5. The van der Waals surface area contributed by atoms with Crippen molar-refractivity contribution in [2.75, 3.05) is 19.6 Å². The molecule has 164 valence electrons. The number of nitrogens with one attached hydrogen (secondary N) is 2. The van der Waals surface area contributed by atoms with Crippen LogP contribution >= 0.6 is 23.1 Å². The molecule has 0 unspecified atom stereocenters. The second-order valence-electron chi connectivity index (χ2n) is 7.66. The Morgan fingerprint density at radius 2 is 1.94 bits per heavy atom. The van der Waals surface area contributed by atoms with Crippen molar-refractivity contribution in [3.05, 3.63) is 27.3 Å². The number of nitrogens with zero attached hydrogens (tertiary/aromatic N) is 2. The average Bonchev–Trinajstić information content (AvgIpc) is 3.40. The van der Waals surface area contributed by atoms with E-state index in [4.69, 9.17) is 0 Å². The standard InChI is InChI=1S/C20H22N4O5S2/c25-15(12-24-17(27)20(22-18(24)28)6-2-1-3-7-20)21-8-9-23-16(26)14(31-19(23)29)11-13-5-4-10-30-13/h4-5,10-11H,1-3,6-9,12H2,(H,21,25)(H,22,28)/b14-11-. The molecule has 0 radical (unpaired) electrons. The highest BCUT2D eigenvalue weighted by Crippen LogP contribution is 2.34. The van der Waals surface area contributed by atoms with Gasteiger partial charge in [0.05, 0.1) is 4.91 Å². The highest BCUT2D eigenvalue weighted by atomic mass is 32.2. The summed E-state index contributed by atoms with van der Waals surface area (Å²) in [6, 6.07) is 3.16. The van der Waals surface area contributed by atoms with Crippen LogP contribution in [0.2, 0.25) is 0 Å². The number of amides is 6. The number of rotatable bonds is 6. The average molecular weight is 463 g/mol. The molecule has 4 rings (SSSR count). The van der Waals surface area contributed by atoms with E-state index in [-0.39, 0.29) is 25.5 Å². The summed E-state index contributed by atoms with van der Waals surface area (Å²) in [5, 5.41) is 6.84. The smallest absolute Gasteiger partial charge is 0.325 e. The molecule has 1 aliphatic carbocycles. The van der Waals surface area contributed by atoms with Crippen molar-refractivity contribution in [1.29, 1.82) is 0 Å². The summed E-state index contributed by atoms with van der Waals surface area (Å²) in [5.41, 5.74) is -0.869. The van der Waals surface area contributed by atoms with Crippen LogP contribution in [0.15, 0.2) is 22.4 Å². The number of hydrogen-bond donors (Lipinski definition) is 2. The third-order valence-corrected chi connectivity index (χ3v) is 7.33. The quantitative estimate of drug-likeness (QED) is 0.494. The largest absolute Gasteiger partial charge is 0.353 e. The molecule has 9 nitrogen and oxygen atoms in total. The number of imide groups is 2. The number of carbonyl (C=O) groups excluding carboxylic acids is 5. The van der Waals surface area contributed by atoms with Gasteiger partial charge < -0.3 is 10.6 Å². The maximum atomic E-state index is 12.7. The fraction of sp³-hybridized carbons (Fsp3) is 0.450. The summed E-state index contributed by atoms with van der Waals surface area (Å²) in [4.78, 5) is 65.1. The van der Waals surface area contributed by atoms with Crippen LogP contribution in [0.4, 0.5) is 9.59 Å². The SMILES string of the molecule is O=C(CN1C(=O)NC2(CCCCC2)C1=O)NCCN1C(=O)S/C(=C\c2cccs2)C1=O. The second-order valence-corrected chi connectivity index (χ2v) is 9.64. The molecule has 1 saturated carbocycles. The molecular weight excluding hydrogens is 440 g/mol. The maximum absolute atomic E-state index is 12.7. The Labute approximate surface area is 187 Å². The Morgan fingerprint density at radius 3 is 2.65 bits per heavy atom. The molecule has 3 heterocycles. The van der Waals surface area contributed by atoms with Gasteiger partial charge in [0.15, 0.2) is 0 Å². The zero-order valence-electron chi connectivity index (χ0n) is 16.7. The molecule has 1 spiro atoms. The van der Waals surface area contributed by atoms with Crippen LogP contribution in [0.1, 0.15) is 37.0 Å². The van der Waals surface area contributed by atoms with E-state index in [2.05, 4.69) is 10.6 Å². The first-order valence-electron chi connectivity index (χ1n) is 10.1. The molecule has 31 heavy (non-hydrogen) atoms. The molecule has 11 heteroatoms. The van der Waals surface area contributed by atoms with E-state index in [9.17, 15) is 24.0 Å². The Morgan fingerprint density at radius 1 is 1.16 bits per heavy atom. The van der Waals surface area contributed by atoms with E-state index in [1.54, 1.807) is 6.08 Å². The Hall–Kier alpha value is -2.66. The second kappa shape index (κ2) is 8.83. The van der Waals surface area contributed by atoms with E-state index in [0.29, 0.717) is 17.7 Å². The number of thiophene rings is 1. The van der Waals surface area contributed by atoms with Crippen LogP contribution in [0, 0.1) is 0 Å². The predicted molar refractivity (Wildman–Crippen MR) is 116 cm³/mol. The third kappa shape index (κ3) is 4.38. The summed E-state index contributed by atoms with van der Waals surface area (Å²) in [5.74, 6) is -1.26. The Kier molecular flexibility index (Phi) is 6.15. The molecule has 0 aromatic carbocycles. The van der Waals surface area contributed by atoms with Crippen molar-refractivity contribution < 1.29 is 24.0 Å². The molecule has 1 aromatic rings. The van der Waals surface area contributed by atoms with Gasteiger partial charge in [-0.25, -0.2) is 4.79 Å². The topological polar surface area (TPSA) is 116 Å². The van der Waals surface area contributed by atoms with Crippen molar-refractivity contribution in [3.63, 3.8) is 0 Å². The number of urea groups is 1. The van der Waals surface area contributed by atoms with Crippen molar-refractivity contribution in [1.82, 2.24) is 20.4 Å². The highest BCUT2D eigenvalue weighted by molar-refractivity contribution is 8.18. The minimum Gasteiger partial charge on any atom is -0.353 e. The first-order chi connectivity index (χ1) is 14.9. The lowest BCUT2D eigenvalue weighted by atomic mass is 9.82. The van der Waals surface area contributed by atoms with Crippen molar-refractivity contribution in [3.8, 4) is 0 Å². The van der Waals surface area contributed by atoms with Gasteiger partial charge in [0.1, 0.15) is 12.1 Å². The van der Waals surface area contributed by atoms with Gasteiger partial charge in [-0.2, -0.15) is 0 Å². The van der Waals surface area contributed by atoms with Crippen molar-refractivity contribution >= 4 is 58.2 Å². The van der Waals surface area contributed by atoms with Gasteiger partial charge in [-0.05, 0) is 42.1 Å². The molecule has 3 aliphatic rings. The lowest BCUT2D eigenvalue weighted by Crippen LogP contribution is -2.49. The highest BCUT2D eigenvalue weighted by Gasteiger charge is 2.51. The van der Waals surface area contributed by atoms with Crippen LogP contribution < -0.4 is 10.6 Å². The van der Waals surface area contributed by atoms with Gasteiger partial charge in [-0.1, -0.05) is 25.3 Å². The monoisotopic (exact) mass is 462 g/mol. The van der Waals surface area contributed by atoms with E-state index >= 15 is 0 Å². The number of hydrogen-bond acceptors (Lipinski definition) is 7. The minimum atomic E-state index is -0.869. The van der Waals surface area contributed by atoms with Gasteiger partial charge in [-0.3, -0.25) is 29.0 Å². The zero-order chi connectivity index (χ0) is 22.0. The van der Waals surface area contributed by atoms with Crippen molar-refractivity contribution in [2.45, 2.75) is 37.6 Å². The first kappa shape index (κ1) is 21.6. The van der Waals surface area contributed by atoms with Gasteiger partial charge in [0, 0.05) is 18.0 Å². The lowest BCUT2D eigenvalue weighted by Gasteiger charge is -2.30. The molecule has 2 aliphatic heterocycles. The zero-order valence-corrected chi connectivity index (χ0v) is 18.4. The molecule has 0 atom stereocenters. The minimum absolute atomic E-state index is 0.0161. The van der Waals surface area contributed by atoms with E-state index in [1.807, 2.05) is 17.5 Å². The fourth-order valence-electron chi connectivity index (χ4n) is 4.02. The van der Waals surface area contributed by atoms with Crippen molar-refractivity contribution in [2.24, 2.45) is 0 Å². The summed E-state index contributed by atoms with van der Waals surface area (Å²) >= 11 is 2.33. The molecule has 1 aromatic heterocycles. The van der Waals surface area contributed by atoms with Crippen LogP contribution in [0.25, 0.3) is 6.08 Å². The third-order valence-electron chi connectivity index (χ3n) is 5.60. The summed E-state index contributed by atoms with van der Waals surface area (Å²) in [6.07, 6.45) is 5.62. The van der Waals surface area contributed by atoms with E-state index in [1.165, 1.54) is 11.3 Å². The first-order valence-corrected chi connectivity index (χ1v) is 11.8. The summed E-state index contributed by atoms with van der Waals surface area (Å²) in [7, 11) is 0. The van der Waals surface area contributed by atoms with Gasteiger partial charge in [0.25, 0.3) is 17.1 Å². The Bertz CT molecular complexity index is 953. The summed E-state index contributed by atoms with van der Waals surface area (Å²) < 4.78 is 0. The molecular formula is C20H22N4O5S2. The molecule has 3 fully saturated rings. The van der Waals surface area contributed by atoms with Gasteiger partial charge >= 0.3 is 6.03 Å². The van der Waals surface area contributed by atoms with Gasteiger partial charge in [-0.15, -0.1) is 11.3 Å². The van der Waals surface area contributed by atoms with Crippen LogP contribution in [-0.2, 0) is 14.4 Å². The fourth-order valence-corrected chi connectivity index (χ4v) is 5.60. The normalized spacial score (nSPS) is 22.0. The van der Waals surface area contributed by atoms with Crippen LogP contribution in [0.3, 0.4) is 0 Å². The lowest BCUT2D eigenvalue weighted by molar-refractivity contribution is -0.135.